The summed E-state index contributed by atoms with van der Waals surface area (Å²) in [5, 5.41) is 8.37. The predicted octanol–water partition coefficient (Wildman–Crippen LogP) is 4.39. The number of carbonyl (C=O) groups is 1. The normalized spacial score (nSPS) is 13.9. The second kappa shape index (κ2) is 7.67. The average Bonchev–Trinajstić information content (AvgIpc) is 3.48. The van der Waals surface area contributed by atoms with Crippen molar-refractivity contribution in [1.82, 2.24) is 14.8 Å². The van der Waals surface area contributed by atoms with Crippen LogP contribution < -0.4 is 10.2 Å². The van der Waals surface area contributed by atoms with Crippen molar-refractivity contribution in [3.8, 4) is 0 Å². The van der Waals surface area contributed by atoms with Gasteiger partial charge < -0.3 is 10.2 Å². The van der Waals surface area contributed by atoms with Crippen LogP contribution >= 0.6 is 11.3 Å². The van der Waals surface area contributed by atoms with Gasteiger partial charge in [0, 0.05) is 25.0 Å². The number of aromatic nitrogens is 3. The second-order valence-corrected chi connectivity index (χ2v) is 8.25. The van der Waals surface area contributed by atoms with Crippen LogP contribution in [0.25, 0.3) is 10.2 Å². The summed E-state index contributed by atoms with van der Waals surface area (Å²) in [5.74, 6) is -0.159. The van der Waals surface area contributed by atoms with Crippen LogP contribution in [0.4, 0.5) is 10.8 Å². The van der Waals surface area contributed by atoms with Crippen molar-refractivity contribution in [2.75, 3.05) is 23.3 Å². The minimum absolute atomic E-state index is 0.159. The molecule has 29 heavy (non-hydrogen) atoms. The summed E-state index contributed by atoms with van der Waals surface area (Å²) in [6.07, 6.45) is 5.85. The van der Waals surface area contributed by atoms with Crippen LogP contribution in [0.1, 0.15) is 28.8 Å². The molecule has 0 radical (unpaired) electrons. The van der Waals surface area contributed by atoms with E-state index >= 15 is 0 Å². The molecule has 0 spiro atoms. The molecule has 146 valence electrons. The number of carbonyl (C=O) groups excluding carboxylic acids is 1. The summed E-state index contributed by atoms with van der Waals surface area (Å²) in [6, 6.07) is 15.9. The lowest BCUT2D eigenvalue weighted by atomic mass is 10.2. The lowest BCUT2D eigenvalue weighted by molar-refractivity contribution is 0.102. The van der Waals surface area contributed by atoms with Crippen LogP contribution in [0, 0.1) is 0 Å². The van der Waals surface area contributed by atoms with Crippen molar-refractivity contribution in [1.29, 1.82) is 0 Å². The molecule has 0 unspecified atom stereocenters. The fourth-order valence-corrected chi connectivity index (χ4v) is 4.63. The van der Waals surface area contributed by atoms with E-state index in [4.69, 9.17) is 4.98 Å². The fourth-order valence-electron chi connectivity index (χ4n) is 3.57. The number of fused-ring (bicyclic) bond motifs is 1. The van der Waals surface area contributed by atoms with Crippen molar-refractivity contribution in [2.45, 2.75) is 19.4 Å². The molecule has 1 aliphatic rings. The third-order valence-electron chi connectivity index (χ3n) is 5.09. The molecule has 4 aromatic rings. The van der Waals surface area contributed by atoms with E-state index < -0.39 is 0 Å². The van der Waals surface area contributed by atoms with Crippen LogP contribution in [-0.2, 0) is 6.54 Å². The number of nitrogens with one attached hydrogen (secondary N) is 1. The van der Waals surface area contributed by atoms with Crippen LogP contribution in [0.3, 0.4) is 0 Å². The maximum atomic E-state index is 12.6. The van der Waals surface area contributed by atoms with Gasteiger partial charge in [0.25, 0.3) is 5.91 Å². The molecule has 0 bridgehead atoms. The number of rotatable bonds is 5. The summed E-state index contributed by atoms with van der Waals surface area (Å²) in [6.45, 7) is 2.80. The largest absolute Gasteiger partial charge is 0.348 e. The van der Waals surface area contributed by atoms with Gasteiger partial charge in [-0.05, 0) is 36.6 Å². The third-order valence-corrected chi connectivity index (χ3v) is 6.17. The van der Waals surface area contributed by atoms with Crippen molar-refractivity contribution < 1.29 is 4.79 Å². The first-order chi connectivity index (χ1) is 14.2. The number of nitrogens with zero attached hydrogens (tertiary/aromatic N) is 4. The Morgan fingerprint density at radius 2 is 1.93 bits per heavy atom. The molecule has 0 saturated carbocycles. The Morgan fingerprint density at radius 1 is 1.10 bits per heavy atom. The van der Waals surface area contributed by atoms with Crippen LogP contribution in [-0.4, -0.2) is 33.8 Å². The zero-order chi connectivity index (χ0) is 19.6. The van der Waals surface area contributed by atoms with Gasteiger partial charge in [0.05, 0.1) is 28.5 Å². The number of anilines is 2. The summed E-state index contributed by atoms with van der Waals surface area (Å²) >= 11 is 1.68. The maximum Gasteiger partial charge on any atom is 0.258 e. The Bertz CT molecular complexity index is 1140. The van der Waals surface area contributed by atoms with Crippen LogP contribution in [0.15, 0.2) is 60.9 Å². The molecule has 5 rings (SSSR count). The number of benzene rings is 2. The van der Waals surface area contributed by atoms with Gasteiger partial charge in [-0.3, -0.25) is 9.48 Å². The van der Waals surface area contributed by atoms with Gasteiger partial charge in [-0.2, -0.15) is 5.10 Å². The molecule has 0 aliphatic carbocycles. The number of hydrogen-bond donors (Lipinski definition) is 1. The quantitative estimate of drug-likeness (QED) is 0.537. The smallest absolute Gasteiger partial charge is 0.258 e. The minimum Gasteiger partial charge on any atom is -0.348 e. The maximum absolute atomic E-state index is 12.6. The Balaban J connectivity index is 1.29. The first kappa shape index (κ1) is 17.9. The molecule has 1 N–H and O–H groups in total. The molecule has 1 saturated heterocycles. The average molecular weight is 404 g/mol. The molecule has 2 aromatic carbocycles. The van der Waals surface area contributed by atoms with E-state index in [0.29, 0.717) is 12.1 Å². The van der Waals surface area contributed by atoms with Crippen molar-refractivity contribution >= 4 is 38.3 Å². The van der Waals surface area contributed by atoms with Crippen LogP contribution in [0.5, 0.6) is 0 Å². The van der Waals surface area contributed by atoms with Gasteiger partial charge in [0.15, 0.2) is 5.13 Å². The Hall–Kier alpha value is -3.19. The Morgan fingerprint density at radius 3 is 2.76 bits per heavy atom. The molecule has 6 nitrogen and oxygen atoms in total. The highest BCUT2D eigenvalue weighted by molar-refractivity contribution is 7.22. The monoisotopic (exact) mass is 403 g/mol. The lowest BCUT2D eigenvalue weighted by Gasteiger charge is -2.11. The summed E-state index contributed by atoms with van der Waals surface area (Å²) in [4.78, 5) is 19.7. The lowest BCUT2D eigenvalue weighted by Crippen LogP contribution is -2.16. The van der Waals surface area contributed by atoms with E-state index in [2.05, 4.69) is 15.3 Å². The molecule has 0 atom stereocenters. The highest BCUT2D eigenvalue weighted by Crippen LogP contribution is 2.32. The van der Waals surface area contributed by atoms with E-state index in [1.54, 1.807) is 28.4 Å². The van der Waals surface area contributed by atoms with E-state index in [1.807, 2.05) is 48.5 Å². The van der Waals surface area contributed by atoms with Crippen LogP contribution in [0.2, 0.25) is 0 Å². The molecule has 1 amide bonds. The summed E-state index contributed by atoms with van der Waals surface area (Å²) in [5.41, 5.74) is 3.44. The van der Waals surface area contributed by atoms with Gasteiger partial charge in [-0.1, -0.05) is 41.7 Å². The molecule has 1 fully saturated rings. The van der Waals surface area contributed by atoms with Gasteiger partial charge in [-0.25, -0.2) is 4.98 Å². The number of hydrogen-bond acceptors (Lipinski definition) is 5. The zero-order valence-electron chi connectivity index (χ0n) is 15.9. The Labute approximate surface area is 172 Å². The second-order valence-electron chi connectivity index (χ2n) is 7.24. The highest BCUT2D eigenvalue weighted by atomic mass is 32.1. The summed E-state index contributed by atoms with van der Waals surface area (Å²) in [7, 11) is 0. The number of amides is 1. The van der Waals surface area contributed by atoms with Gasteiger partial charge in [-0.15, -0.1) is 0 Å². The predicted molar refractivity (Wildman–Crippen MR) is 117 cm³/mol. The zero-order valence-corrected chi connectivity index (χ0v) is 16.7. The standard InChI is InChI=1S/C22H21N5OS/c28-21(17-13-23-27(15-17)14-16-6-2-1-3-7-16)24-18-8-9-19-20(12-18)29-22(25-19)26-10-4-5-11-26/h1-3,6-9,12-13,15H,4-5,10-11,14H2,(H,24,28). The molecule has 3 heterocycles. The molecule has 7 heteroatoms. The minimum atomic E-state index is -0.159. The first-order valence-electron chi connectivity index (χ1n) is 9.78. The molecule has 2 aromatic heterocycles. The van der Waals surface area contributed by atoms with Gasteiger partial charge in [0.1, 0.15) is 0 Å². The fraction of sp³-hybridized carbons (Fsp3) is 0.227. The third kappa shape index (κ3) is 3.86. The molecular formula is C22H21N5OS. The van der Waals surface area contributed by atoms with E-state index in [9.17, 15) is 4.79 Å². The van der Waals surface area contributed by atoms with Gasteiger partial charge >= 0.3 is 0 Å². The molecular weight excluding hydrogens is 382 g/mol. The number of thiazole rings is 1. The van der Waals surface area contributed by atoms with Crippen molar-refractivity contribution in [3.63, 3.8) is 0 Å². The van der Waals surface area contributed by atoms with E-state index in [1.165, 1.54) is 12.8 Å². The van der Waals surface area contributed by atoms with Crippen molar-refractivity contribution in [3.05, 3.63) is 72.1 Å². The highest BCUT2D eigenvalue weighted by Gasteiger charge is 2.17. The van der Waals surface area contributed by atoms with E-state index in [-0.39, 0.29) is 5.91 Å². The Kier molecular flexibility index (Phi) is 4.73. The summed E-state index contributed by atoms with van der Waals surface area (Å²) < 4.78 is 2.86. The molecule has 1 aliphatic heterocycles. The SMILES string of the molecule is O=C(Nc1ccc2nc(N3CCCC3)sc2c1)c1cnn(Cc2ccccc2)c1. The first-order valence-corrected chi connectivity index (χ1v) is 10.6. The topological polar surface area (TPSA) is 63.1 Å². The van der Waals surface area contributed by atoms with Crippen molar-refractivity contribution in [2.24, 2.45) is 0 Å². The van der Waals surface area contributed by atoms with E-state index in [0.717, 1.165) is 39.7 Å². The van der Waals surface area contributed by atoms with Gasteiger partial charge in [0.2, 0.25) is 0 Å².